The molecule has 0 heterocycles. The van der Waals surface area contributed by atoms with Crippen molar-refractivity contribution in [3.63, 3.8) is 0 Å². The van der Waals surface area contributed by atoms with Gasteiger partial charge in [-0.2, -0.15) is 0 Å². The summed E-state index contributed by atoms with van der Waals surface area (Å²) in [6, 6.07) is 0. The van der Waals surface area contributed by atoms with E-state index in [1.165, 1.54) is 0 Å². The van der Waals surface area contributed by atoms with Gasteiger partial charge in [-0.05, 0) is 31.4 Å². The Bertz CT molecular complexity index is 204. The van der Waals surface area contributed by atoms with Crippen LogP contribution in [0.25, 0.3) is 0 Å². The van der Waals surface area contributed by atoms with Crippen LogP contribution in [0, 0.1) is 0 Å². The Morgan fingerprint density at radius 3 is 2.36 bits per heavy atom. The van der Waals surface area contributed by atoms with Crippen LogP contribution in [0.4, 0.5) is 0 Å². The first-order valence-electron chi connectivity index (χ1n) is 3.29. The highest BCUT2D eigenvalue weighted by molar-refractivity contribution is 8.01. The summed E-state index contributed by atoms with van der Waals surface area (Å²) in [5.74, 6) is 0. The number of nitrogens with two attached hydrogens (primary N) is 2. The van der Waals surface area contributed by atoms with Gasteiger partial charge in [0.1, 0.15) is 0 Å². The van der Waals surface area contributed by atoms with Crippen molar-refractivity contribution >= 4 is 11.9 Å². The maximum Gasteiger partial charge on any atom is 0.0491 e. The third-order valence-corrected chi connectivity index (χ3v) is 2.08. The highest BCUT2D eigenvalue weighted by Gasteiger charge is 1.98. The van der Waals surface area contributed by atoms with Gasteiger partial charge in [-0.15, -0.1) is 0 Å². The van der Waals surface area contributed by atoms with Crippen LogP contribution in [-0.4, -0.2) is 0 Å². The zero-order valence-electron chi connectivity index (χ0n) is 6.92. The first-order valence-corrected chi connectivity index (χ1v) is 4.17. The average Bonchev–Trinajstić information content (AvgIpc) is 2.05. The van der Waals surface area contributed by atoms with Gasteiger partial charge in [0.15, 0.2) is 0 Å². The number of rotatable bonds is 3. The van der Waals surface area contributed by atoms with Crippen molar-refractivity contribution in [2.75, 3.05) is 0 Å². The van der Waals surface area contributed by atoms with Crippen molar-refractivity contribution in [2.45, 2.75) is 13.8 Å². The fourth-order valence-electron chi connectivity index (χ4n) is 0.571. The zero-order chi connectivity index (χ0) is 8.85. The molecule has 0 aliphatic carbocycles. The van der Waals surface area contributed by atoms with Crippen LogP contribution in [0.2, 0.25) is 0 Å². The van der Waals surface area contributed by atoms with Gasteiger partial charge in [0.2, 0.25) is 0 Å². The van der Waals surface area contributed by atoms with Crippen molar-refractivity contribution in [3.05, 3.63) is 34.9 Å². The van der Waals surface area contributed by atoms with Crippen molar-refractivity contribution in [2.24, 2.45) is 10.9 Å². The molecule has 0 fully saturated rings. The topological polar surface area (TPSA) is 52.0 Å². The summed E-state index contributed by atoms with van der Waals surface area (Å²) >= 11 is 1.12. The summed E-state index contributed by atoms with van der Waals surface area (Å²) in [5.41, 5.74) is 7.46. The van der Waals surface area contributed by atoms with Crippen LogP contribution in [0.3, 0.4) is 0 Å². The number of allylic oxidation sites excluding steroid dienone is 3. The van der Waals surface area contributed by atoms with Gasteiger partial charge in [-0.3, -0.25) is 5.14 Å². The predicted octanol–water partition coefficient (Wildman–Crippen LogP) is 1.92. The molecule has 0 radical (unpaired) electrons. The molecular formula is C8H14N2S. The highest BCUT2D eigenvalue weighted by Crippen LogP contribution is 2.16. The predicted molar refractivity (Wildman–Crippen MR) is 52.6 cm³/mol. The molecule has 2 nitrogen and oxygen atoms in total. The Morgan fingerprint density at radius 1 is 1.55 bits per heavy atom. The summed E-state index contributed by atoms with van der Waals surface area (Å²) in [5, 5.41) is 5.36. The summed E-state index contributed by atoms with van der Waals surface area (Å²) in [7, 11) is 0. The molecule has 0 aliphatic rings. The number of hydrogen-bond donors (Lipinski definition) is 2. The highest BCUT2D eigenvalue weighted by atomic mass is 32.2. The Hall–Kier alpha value is -0.670. The van der Waals surface area contributed by atoms with E-state index in [1.54, 1.807) is 6.08 Å². The van der Waals surface area contributed by atoms with Crippen LogP contribution in [0.5, 0.6) is 0 Å². The molecule has 62 valence electrons. The molecule has 0 aromatic heterocycles. The first kappa shape index (κ1) is 10.3. The van der Waals surface area contributed by atoms with E-state index in [0.29, 0.717) is 5.70 Å². The quantitative estimate of drug-likeness (QED) is 0.502. The lowest BCUT2D eigenvalue weighted by Crippen LogP contribution is -2.02. The third kappa shape index (κ3) is 2.82. The Kier molecular flexibility index (Phi) is 4.74. The van der Waals surface area contributed by atoms with Gasteiger partial charge >= 0.3 is 0 Å². The minimum absolute atomic E-state index is 0.704. The van der Waals surface area contributed by atoms with Gasteiger partial charge in [0.25, 0.3) is 0 Å². The lowest BCUT2D eigenvalue weighted by atomic mass is 10.2. The van der Waals surface area contributed by atoms with Crippen molar-refractivity contribution in [1.29, 1.82) is 0 Å². The molecule has 0 amide bonds. The minimum atomic E-state index is 0.704. The van der Waals surface area contributed by atoms with Crippen LogP contribution >= 0.6 is 11.9 Å². The molecule has 0 rings (SSSR count). The summed E-state index contributed by atoms with van der Waals surface area (Å²) in [6.07, 6.45) is 3.60. The van der Waals surface area contributed by atoms with E-state index in [-0.39, 0.29) is 0 Å². The molecule has 0 atom stereocenters. The Balaban J connectivity index is 4.75. The maximum atomic E-state index is 5.73. The molecular weight excluding hydrogens is 156 g/mol. The second-order valence-electron chi connectivity index (χ2n) is 2.07. The fourth-order valence-corrected chi connectivity index (χ4v) is 0.956. The Labute approximate surface area is 72.2 Å². The second-order valence-corrected chi connectivity index (χ2v) is 2.75. The molecule has 0 aromatic carbocycles. The molecule has 0 saturated carbocycles. The van der Waals surface area contributed by atoms with Crippen molar-refractivity contribution in [3.8, 4) is 0 Å². The largest absolute Gasteiger partial charge is 0.398 e. The fraction of sp³-hybridized carbons (Fsp3) is 0.250. The second kappa shape index (κ2) is 5.04. The van der Waals surface area contributed by atoms with E-state index >= 15 is 0 Å². The summed E-state index contributed by atoms with van der Waals surface area (Å²) < 4.78 is 0. The van der Waals surface area contributed by atoms with Crippen molar-refractivity contribution in [1.82, 2.24) is 0 Å². The lowest BCUT2D eigenvalue weighted by Gasteiger charge is -2.04. The first-order chi connectivity index (χ1) is 5.17. The molecule has 11 heavy (non-hydrogen) atoms. The lowest BCUT2D eigenvalue weighted by molar-refractivity contribution is 1.27. The normalized spacial score (nSPS) is 14.3. The van der Waals surface area contributed by atoms with Gasteiger partial charge in [0.05, 0.1) is 0 Å². The van der Waals surface area contributed by atoms with Crippen molar-refractivity contribution < 1.29 is 0 Å². The van der Waals surface area contributed by atoms with E-state index in [9.17, 15) is 0 Å². The van der Waals surface area contributed by atoms with Gasteiger partial charge in [-0.25, -0.2) is 0 Å². The molecule has 0 unspecified atom stereocenters. The van der Waals surface area contributed by atoms with E-state index in [4.69, 9.17) is 10.9 Å². The molecule has 0 spiro atoms. The van der Waals surface area contributed by atoms with Gasteiger partial charge < -0.3 is 5.73 Å². The molecule has 0 saturated heterocycles. The number of hydrogen-bond acceptors (Lipinski definition) is 3. The van der Waals surface area contributed by atoms with E-state index in [2.05, 4.69) is 6.58 Å². The van der Waals surface area contributed by atoms with Gasteiger partial charge in [0, 0.05) is 10.6 Å². The van der Waals surface area contributed by atoms with E-state index in [0.717, 1.165) is 22.4 Å². The Morgan fingerprint density at radius 2 is 2.09 bits per heavy atom. The molecule has 0 aromatic rings. The maximum absolute atomic E-state index is 5.73. The zero-order valence-corrected chi connectivity index (χ0v) is 7.74. The average molecular weight is 170 g/mol. The van der Waals surface area contributed by atoms with Gasteiger partial charge in [-0.1, -0.05) is 18.7 Å². The standard InChI is InChI=1S/C8H14N2S/c1-4-6(3)8(9)7(5-2)11-10/h4-5H,2,9-10H2,1,3H3/b6-4-,8-7-. The summed E-state index contributed by atoms with van der Waals surface area (Å²) in [6.45, 7) is 7.48. The third-order valence-electron chi connectivity index (χ3n) is 1.44. The summed E-state index contributed by atoms with van der Waals surface area (Å²) in [4.78, 5) is 0.820. The molecule has 0 bridgehead atoms. The monoisotopic (exact) mass is 170 g/mol. The van der Waals surface area contributed by atoms with E-state index < -0.39 is 0 Å². The smallest absolute Gasteiger partial charge is 0.0491 e. The van der Waals surface area contributed by atoms with Crippen LogP contribution < -0.4 is 10.9 Å². The minimum Gasteiger partial charge on any atom is -0.398 e. The van der Waals surface area contributed by atoms with Crippen LogP contribution in [0.15, 0.2) is 34.9 Å². The molecule has 4 N–H and O–H groups in total. The van der Waals surface area contributed by atoms with Crippen LogP contribution in [-0.2, 0) is 0 Å². The van der Waals surface area contributed by atoms with Crippen LogP contribution in [0.1, 0.15) is 13.8 Å². The van der Waals surface area contributed by atoms with E-state index in [1.807, 2.05) is 19.9 Å². The molecule has 3 heteroatoms. The SMILES string of the molecule is C=C/C(SN)=C(N)\C(C)=C/C. The molecule has 0 aliphatic heterocycles.